The summed E-state index contributed by atoms with van der Waals surface area (Å²) in [6.07, 6.45) is 0. The van der Waals surface area contributed by atoms with Crippen LogP contribution in [0.5, 0.6) is 0 Å². The van der Waals surface area contributed by atoms with Crippen LogP contribution in [0.3, 0.4) is 0 Å². The van der Waals surface area contributed by atoms with Crippen LogP contribution in [0.4, 0.5) is 17.1 Å². The number of rotatable bonds is 8. The van der Waals surface area contributed by atoms with Crippen molar-refractivity contribution in [3.05, 3.63) is 187 Å². The van der Waals surface area contributed by atoms with Crippen LogP contribution < -0.4 is 4.90 Å². The smallest absolute Gasteiger partial charge is 0.0462 e. The highest BCUT2D eigenvalue weighted by atomic mass is 15.1. The molecule has 0 radical (unpaired) electrons. The zero-order chi connectivity index (χ0) is 27.1. The Morgan fingerprint density at radius 2 is 0.700 bits per heavy atom. The lowest BCUT2D eigenvalue weighted by molar-refractivity contribution is 0.658. The lowest BCUT2D eigenvalue weighted by Crippen LogP contribution is -2.10. The van der Waals surface area contributed by atoms with Gasteiger partial charge >= 0.3 is 0 Å². The molecule has 40 heavy (non-hydrogen) atoms. The van der Waals surface area contributed by atoms with E-state index in [0.29, 0.717) is 11.8 Å². The molecule has 0 heterocycles. The first-order valence-electron chi connectivity index (χ1n) is 14.0. The third-order valence-electron chi connectivity index (χ3n) is 7.74. The molecule has 1 nitrogen and oxygen atoms in total. The first-order valence-corrected chi connectivity index (χ1v) is 14.0. The fourth-order valence-corrected chi connectivity index (χ4v) is 5.67. The molecule has 0 saturated carbocycles. The number of nitrogens with zero attached hydrogens (tertiary/aromatic N) is 1. The van der Waals surface area contributed by atoms with E-state index in [1.54, 1.807) is 0 Å². The normalized spacial score (nSPS) is 11.8. The highest BCUT2D eigenvalue weighted by Crippen LogP contribution is 2.39. The van der Waals surface area contributed by atoms with Crippen molar-refractivity contribution in [1.29, 1.82) is 0 Å². The minimum absolute atomic E-state index is 0.300. The van der Waals surface area contributed by atoms with Gasteiger partial charge in [0.1, 0.15) is 0 Å². The molecular weight excluding hydrogens is 482 g/mol. The molecule has 1 heteroatoms. The highest BCUT2D eigenvalue weighted by molar-refractivity contribution is 5.78. The van der Waals surface area contributed by atoms with Crippen molar-refractivity contribution in [2.45, 2.75) is 18.8 Å². The Bertz CT molecular complexity index is 1530. The predicted octanol–water partition coefficient (Wildman–Crippen LogP) is 10.8. The number of hydrogen-bond donors (Lipinski definition) is 0. The zero-order valence-electron chi connectivity index (χ0n) is 22.8. The minimum atomic E-state index is 0.300. The van der Waals surface area contributed by atoms with Crippen molar-refractivity contribution >= 4 is 17.1 Å². The fourth-order valence-electron chi connectivity index (χ4n) is 5.67. The van der Waals surface area contributed by atoms with Crippen LogP contribution in [0.1, 0.15) is 35.4 Å². The lowest BCUT2D eigenvalue weighted by atomic mass is 9.78. The van der Waals surface area contributed by atoms with Gasteiger partial charge in [-0.25, -0.2) is 0 Å². The van der Waals surface area contributed by atoms with Gasteiger partial charge in [0.25, 0.3) is 0 Å². The molecule has 0 saturated heterocycles. The van der Waals surface area contributed by atoms with Crippen molar-refractivity contribution in [3.63, 3.8) is 0 Å². The van der Waals surface area contributed by atoms with Crippen LogP contribution in [0.15, 0.2) is 170 Å². The van der Waals surface area contributed by atoms with Gasteiger partial charge in [0.05, 0.1) is 0 Å². The Balaban J connectivity index is 1.27. The second-order valence-electron chi connectivity index (χ2n) is 10.3. The summed E-state index contributed by atoms with van der Waals surface area (Å²) in [4.78, 5) is 2.29. The van der Waals surface area contributed by atoms with E-state index in [2.05, 4.69) is 182 Å². The summed E-state index contributed by atoms with van der Waals surface area (Å²) in [6, 6.07) is 60.8. The summed E-state index contributed by atoms with van der Waals surface area (Å²) < 4.78 is 0. The van der Waals surface area contributed by atoms with Crippen LogP contribution in [0, 0.1) is 0 Å². The van der Waals surface area contributed by atoms with E-state index in [0.717, 1.165) is 17.1 Å². The lowest BCUT2D eigenvalue weighted by Gasteiger charge is -2.26. The summed E-state index contributed by atoms with van der Waals surface area (Å²) in [7, 11) is 0. The quantitative estimate of drug-likeness (QED) is 0.195. The summed E-state index contributed by atoms with van der Waals surface area (Å²) in [5, 5.41) is 0. The molecule has 6 aromatic carbocycles. The summed E-state index contributed by atoms with van der Waals surface area (Å²) in [6.45, 7) is 2.34. The van der Waals surface area contributed by atoms with Gasteiger partial charge in [-0.05, 0) is 70.1 Å². The van der Waals surface area contributed by atoms with E-state index in [-0.39, 0.29) is 0 Å². The Hall–Kier alpha value is -4.88. The Labute approximate surface area is 238 Å². The molecule has 6 aromatic rings. The van der Waals surface area contributed by atoms with Gasteiger partial charge in [-0.3, -0.25) is 0 Å². The van der Waals surface area contributed by atoms with E-state index < -0.39 is 0 Å². The summed E-state index contributed by atoms with van der Waals surface area (Å²) >= 11 is 0. The third-order valence-corrected chi connectivity index (χ3v) is 7.74. The van der Waals surface area contributed by atoms with Gasteiger partial charge in [-0.1, -0.05) is 140 Å². The molecule has 0 N–H and O–H groups in total. The van der Waals surface area contributed by atoms with Crippen LogP contribution in [-0.2, 0) is 0 Å². The molecule has 0 fully saturated rings. The van der Waals surface area contributed by atoms with Gasteiger partial charge in [-0.2, -0.15) is 0 Å². The van der Waals surface area contributed by atoms with Crippen molar-refractivity contribution in [2.75, 3.05) is 4.90 Å². The summed E-state index contributed by atoms with van der Waals surface area (Å²) in [5.41, 5.74) is 9.91. The second-order valence-corrected chi connectivity index (χ2v) is 10.3. The van der Waals surface area contributed by atoms with Crippen molar-refractivity contribution in [2.24, 2.45) is 0 Å². The van der Waals surface area contributed by atoms with Crippen LogP contribution in [0.25, 0.3) is 11.1 Å². The Morgan fingerprint density at radius 3 is 1.12 bits per heavy atom. The molecule has 0 aliphatic carbocycles. The molecule has 0 spiro atoms. The molecule has 1 atom stereocenters. The first-order chi connectivity index (χ1) is 19.8. The van der Waals surface area contributed by atoms with Crippen LogP contribution >= 0.6 is 0 Å². The fraction of sp³-hybridized carbons (Fsp3) is 0.0769. The van der Waals surface area contributed by atoms with Crippen LogP contribution in [0.2, 0.25) is 0 Å². The summed E-state index contributed by atoms with van der Waals surface area (Å²) in [5.74, 6) is 0.640. The second kappa shape index (κ2) is 11.9. The number of para-hydroxylation sites is 2. The zero-order valence-corrected chi connectivity index (χ0v) is 22.8. The first kappa shape index (κ1) is 25.4. The maximum Gasteiger partial charge on any atom is 0.0462 e. The number of anilines is 3. The topological polar surface area (TPSA) is 3.24 Å². The monoisotopic (exact) mass is 515 g/mol. The molecule has 194 valence electrons. The molecule has 1 unspecified atom stereocenters. The van der Waals surface area contributed by atoms with Gasteiger partial charge in [-0.15, -0.1) is 0 Å². The number of benzene rings is 6. The molecule has 0 aliphatic heterocycles. The molecule has 0 aliphatic rings. The standard InChI is InChI=1S/C39H33N/c1-30(39(34-14-6-2-7-15-34)35-16-8-3-9-17-35)31-22-24-32(25-23-31)33-26-28-38(29-27-33)40(36-18-10-4-11-19-36)37-20-12-5-13-21-37/h2-30,39H,1H3. The largest absolute Gasteiger partial charge is 0.311 e. The van der Waals surface area contributed by atoms with E-state index in [9.17, 15) is 0 Å². The highest BCUT2D eigenvalue weighted by Gasteiger charge is 2.22. The van der Waals surface area contributed by atoms with E-state index >= 15 is 0 Å². The van der Waals surface area contributed by atoms with Gasteiger partial charge in [0.2, 0.25) is 0 Å². The Kier molecular flexibility index (Phi) is 7.55. The van der Waals surface area contributed by atoms with Crippen molar-refractivity contribution in [3.8, 4) is 11.1 Å². The average molecular weight is 516 g/mol. The predicted molar refractivity (Wildman–Crippen MR) is 170 cm³/mol. The maximum atomic E-state index is 2.34. The van der Waals surface area contributed by atoms with E-state index in [1.165, 1.54) is 27.8 Å². The molecule has 0 amide bonds. The SMILES string of the molecule is CC(c1ccc(-c2ccc(N(c3ccccc3)c3ccccc3)cc2)cc1)C(c1ccccc1)c1ccccc1. The van der Waals surface area contributed by atoms with E-state index in [4.69, 9.17) is 0 Å². The Morgan fingerprint density at radius 1 is 0.350 bits per heavy atom. The van der Waals surface area contributed by atoms with Gasteiger partial charge in [0, 0.05) is 23.0 Å². The van der Waals surface area contributed by atoms with E-state index in [1.807, 2.05) is 0 Å². The average Bonchev–Trinajstić information content (AvgIpc) is 3.04. The molecule has 6 rings (SSSR count). The minimum Gasteiger partial charge on any atom is -0.311 e. The van der Waals surface area contributed by atoms with Crippen LogP contribution in [-0.4, -0.2) is 0 Å². The van der Waals surface area contributed by atoms with Crippen molar-refractivity contribution in [1.82, 2.24) is 0 Å². The number of hydrogen-bond acceptors (Lipinski definition) is 1. The van der Waals surface area contributed by atoms with Gasteiger partial charge < -0.3 is 4.90 Å². The third kappa shape index (κ3) is 5.46. The molecule has 0 bridgehead atoms. The van der Waals surface area contributed by atoms with Gasteiger partial charge in [0.15, 0.2) is 0 Å². The molecular formula is C39H33N. The molecule has 0 aromatic heterocycles. The maximum absolute atomic E-state index is 2.34. The van der Waals surface area contributed by atoms with Crippen molar-refractivity contribution < 1.29 is 0 Å².